The number of rotatable bonds is 3. The summed E-state index contributed by atoms with van der Waals surface area (Å²) < 4.78 is 12.2. The van der Waals surface area contributed by atoms with Crippen LogP contribution in [0.2, 0.25) is 0 Å². The van der Waals surface area contributed by atoms with E-state index in [4.69, 9.17) is 9.47 Å². The van der Waals surface area contributed by atoms with Gasteiger partial charge in [0.25, 0.3) is 0 Å². The molecule has 0 radical (unpaired) electrons. The zero-order chi connectivity index (χ0) is 14.8. The summed E-state index contributed by atoms with van der Waals surface area (Å²) in [6.45, 7) is 2.60. The van der Waals surface area contributed by atoms with Gasteiger partial charge in [0.15, 0.2) is 0 Å². The smallest absolute Gasteiger partial charge is 0.127 e. The Morgan fingerprint density at radius 3 is 2.74 bits per heavy atom. The summed E-state index contributed by atoms with van der Waals surface area (Å²) in [4.78, 5) is 0. The molecule has 2 heterocycles. The molecule has 1 N–H and O–H groups in total. The Kier molecular flexibility index (Phi) is 4.79. The zero-order valence-corrected chi connectivity index (χ0v) is 13.9. The molecule has 1 saturated heterocycles. The largest absolute Gasteiger partial charge is 0.489 e. The van der Waals surface area contributed by atoms with Crippen LogP contribution in [0.1, 0.15) is 24.0 Å². The molecule has 1 spiro atoms. The van der Waals surface area contributed by atoms with Crippen molar-refractivity contribution in [3.63, 3.8) is 0 Å². The van der Waals surface area contributed by atoms with Crippen LogP contribution >= 0.6 is 12.4 Å². The number of ether oxygens (including phenoxy) is 2. The van der Waals surface area contributed by atoms with Gasteiger partial charge >= 0.3 is 0 Å². The topological polar surface area (TPSA) is 30.5 Å². The molecule has 2 aliphatic rings. The molecule has 3 nitrogen and oxygen atoms in total. The maximum atomic E-state index is 6.33. The fourth-order valence-corrected chi connectivity index (χ4v) is 3.34. The third kappa shape index (κ3) is 3.46. The number of aryl methyl sites for hydroxylation is 1. The summed E-state index contributed by atoms with van der Waals surface area (Å²) in [5.41, 5.74) is 2.48. The molecule has 4 rings (SSSR count). The fraction of sp³-hybridized carbons (Fsp3) is 0.368. The van der Waals surface area contributed by atoms with Gasteiger partial charge in [0.1, 0.15) is 23.7 Å². The molecule has 2 aliphatic heterocycles. The lowest BCUT2D eigenvalue weighted by atomic mass is 9.90. The molecule has 122 valence electrons. The van der Waals surface area contributed by atoms with Crippen molar-refractivity contribution in [3.05, 3.63) is 59.7 Å². The van der Waals surface area contributed by atoms with Crippen LogP contribution in [0.3, 0.4) is 0 Å². The van der Waals surface area contributed by atoms with E-state index in [1.54, 1.807) is 0 Å². The van der Waals surface area contributed by atoms with Gasteiger partial charge in [-0.2, -0.15) is 0 Å². The van der Waals surface area contributed by atoms with Gasteiger partial charge in [0.2, 0.25) is 0 Å². The molecule has 23 heavy (non-hydrogen) atoms. The van der Waals surface area contributed by atoms with Crippen molar-refractivity contribution in [2.24, 2.45) is 0 Å². The van der Waals surface area contributed by atoms with Crippen molar-refractivity contribution >= 4 is 12.4 Å². The molecule has 4 heteroatoms. The number of hydrogen-bond acceptors (Lipinski definition) is 3. The summed E-state index contributed by atoms with van der Waals surface area (Å²) >= 11 is 0. The number of nitrogens with one attached hydrogen (secondary N) is 1. The van der Waals surface area contributed by atoms with Gasteiger partial charge in [-0.15, -0.1) is 12.4 Å². The van der Waals surface area contributed by atoms with E-state index in [2.05, 4.69) is 35.6 Å². The van der Waals surface area contributed by atoms with Crippen LogP contribution < -0.4 is 14.8 Å². The second kappa shape index (κ2) is 6.81. The highest BCUT2D eigenvalue weighted by Crippen LogP contribution is 2.38. The summed E-state index contributed by atoms with van der Waals surface area (Å²) in [6.07, 6.45) is 3.30. The highest BCUT2D eigenvalue weighted by atomic mass is 35.5. The fourth-order valence-electron chi connectivity index (χ4n) is 3.34. The van der Waals surface area contributed by atoms with Crippen molar-refractivity contribution in [2.75, 3.05) is 13.1 Å². The molecule has 1 atom stereocenters. The zero-order valence-electron chi connectivity index (χ0n) is 13.1. The second-order valence-electron chi connectivity index (χ2n) is 6.26. The average molecular weight is 332 g/mol. The van der Waals surface area contributed by atoms with Crippen molar-refractivity contribution in [1.29, 1.82) is 0 Å². The van der Waals surface area contributed by atoms with Crippen LogP contribution in [0, 0.1) is 0 Å². The highest BCUT2D eigenvalue weighted by molar-refractivity contribution is 5.85. The molecule has 0 aliphatic carbocycles. The minimum absolute atomic E-state index is 0. The lowest BCUT2D eigenvalue weighted by molar-refractivity contribution is 0.0660. The first-order valence-corrected chi connectivity index (χ1v) is 8.02. The molecule has 0 saturated carbocycles. The summed E-state index contributed by atoms with van der Waals surface area (Å²) in [6, 6.07) is 16.5. The van der Waals surface area contributed by atoms with E-state index in [1.807, 2.05) is 18.2 Å². The van der Waals surface area contributed by atoms with Gasteiger partial charge < -0.3 is 14.8 Å². The van der Waals surface area contributed by atoms with E-state index >= 15 is 0 Å². The molecular formula is C19H22ClNO2. The lowest BCUT2D eigenvalue weighted by Crippen LogP contribution is -2.41. The van der Waals surface area contributed by atoms with E-state index in [0.717, 1.165) is 43.9 Å². The average Bonchev–Trinajstić information content (AvgIpc) is 3.01. The van der Waals surface area contributed by atoms with Crippen LogP contribution in [0.15, 0.2) is 48.5 Å². The van der Waals surface area contributed by atoms with Crippen LogP contribution in [0.25, 0.3) is 0 Å². The third-order valence-corrected chi connectivity index (χ3v) is 4.67. The van der Waals surface area contributed by atoms with E-state index in [1.165, 1.54) is 11.1 Å². The number of fused-ring (bicyclic) bond motifs is 1. The van der Waals surface area contributed by atoms with Crippen molar-refractivity contribution < 1.29 is 9.47 Å². The Hall–Kier alpha value is -1.71. The summed E-state index contributed by atoms with van der Waals surface area (Å²) in [7, 11) is 0. The van der Waals surface area contributed by atoms with Crippen molar-refractivity contribution in [1.82, 2.24) is 5.32 Å². The van der Waals surface area contributed by atoms with E-state index in [9.17, 15) is 0 Å². The van der Waals surface area contributed by atoms with E-state index in [-0.39, 0.29) is 18.0 Å². The number of hydrogen-bond donors (Lipinski definition) is 1. The van der Waals surface area contributed by atoms with Crippen molar-refractivity contribution in [2.45, 2.75) is 31.5 Å². The van der Waals surface area contributed by atoms with Crippen LogP contribution in [-0.4, -0.2) is 18.7 Å². The first kappa shape index (κ1) is 16.2. The third-order valence-electron chi connectivity index (χ3n) is 4.67. The summed E-state index contributed by atoms with van der Waals surface area (Å²) in [5.74, 6) is 1.88. The number of halogens is 1. The number of benzene rings is 2. The van der Waals surface area contributed by atoms with E-state index in [0.29, 0.717) is 6.61 Å². The Morgan fingerprint density at radius 2 is 1.96 bits per heavy atom. The molecular weight excluding hydrogens is 310 g/mol. The Bertz CT molecular complexity index is 654. The second-order valence-corrected chi connectivity index (χ2v) is 6.26. The van der Waals surface area contributed by atoms with Gasteiger partial charge in [0, 0.05) is 19.0 Å². The van der Waals surface area contributed by atoms with Gasteiger partial charge in [-0.25, -0.2) is 0 Å². The van der Waals surface area contributed by atoms with Crippen LogP contribution in [0.5, 0.6) is 11.5 Å². The normalized spacial score (nSPS) is 22.1. The molecule has 0 bridgehead atoms. The van der Waals surface area contributed by atoms with Gasteiger partial charge in [-0.05, 0) is 36.6 Å². The van der Waals surface area contributed by atoms with E-state index < -0.39 is 0 Å². The maximum Gasteiger partial charge on any atom is 0.127 e. The summed E-state index contributed by atoms with van der Waals surface area (Å²) in [5, 5.41) is 3.42. The first-order chi connectivity index (χ1) is 10.8. The highest BCUT2D eigenvalue weighted by Gasteiger charge is 2.39. The monoisotopic (exact) mass is 331 g/mol. The Labute approximate surface area is 143 Å². The predicted octanol–water partition coefficient (Wildman–Crippen LogP) is 3.74. The standard InChI is InChI=1S/C19H21NO2.ClH/c1-2-4-15(5-3-1)13-21-17-7-6-16-8-9-19(10-11-20-14-19)22-18(16)12-17;/h1-7,12,20H,8-11,13-14H2;1H. The maximum absolute atomic E-state index is 6.33. The van der Waals surface area contributed by atoms with Gasteiger partial charge in [0.05, 0.1) is 0 Å². The minimum Gasteiger partial charge on any atom is -0.489 e. The quantitative estimate of drug-likeness (QED) is 0.929. The predicted molar refractivity (Wildman–Crippen MR) is 93.6 cm³/mol. The first-order valence-electron chi connectivity index (χ1n) is 8.02. The molecule has 1 fully saturated rings. The van der Waals surface area contributed by atoms with Crippen LogP contribution in [0.4, 0.5) is 0 Å². The Balaban J connectivity index is 0.00000156. The molecule has 1 unspecified atom stereocenters. The molecule has 0 aromatic heterocycles. The van der Waals surface area contributed by atoms with Gasteiger partial charge in [-0.3, -0.25) is 0 Å². The lowest BCUT2D eigenvalue weighted by Gasteiger charge is -2.35. The Morgan fingerprint density at radius 1 is 1.09 bits per heavy atom. The molecule has 2 aromatic carbocycles. The molecule has 0 amide bonds. The van der Waals surface area contributed by atoms with Gasteiger partial charge in [-0.1, -0.05) is 36.4 Å². The van der Waals surface area contributed by atoms with Crippen molar-refractivity contribution in [3.8, 4) is 11.5 Å². The minimum atomic E-state index is 0. The van der Waals surface area contributed by atoms with Crippen LogP contribution in [-0.2, 0) is 13.0 Å². The SMILES string of the molecule is Cl.c1ccc(COc2ccc3c(c2)OC2(CCNC2)CC3)cc1. The molecule has 2 aromatic rings.